The predicted molar refractivity (Wildman–Crippen MR) is 83.5 cm³/mol. The lowest BCUT2D eigenvalue weighted by Crippen LogP contribution is -2.21. The zero-order valence-corrected chi connectivity index (χ0v) is 13.0. The molecule has 2 heterocycles. The van der Waals surface area contributed by atoms with Crippen molar-refractivity contribution in [3.8, 4) is 11.3 Å². The molecule has 6 heteroatoms. The lowest BCUT2D eigenvalue weighted by atomic mass is 10.2. The first-order chi connectivity index (χ1) is 9.61. The van der Waals surface area contributed by atoms with Crippen LogP contribution in [-0.4, -0.2) is 34.2 Å². The summed E-state index contributed by atoms with van der Waals surface area (Å²) in [7, 11) is 0. The molecule has 0 unspecified atom stereocenters. The number of hydrogen-bond donors (Lipinski definition) is 1. The summed E-state index contributed by atoms with van der Waals surface area (Å²) in [6.07, 6.45) is 0.648. The van der Waals surface area contributed by atoms with Crippen molar-refractivity contribution in [2.45, 2.75) is 19.1 Å². The minimum atomic E-state index is -0.197. The number of aromatic nitrogens is 1. The molecule has 0 bridgehead atoms. The molecular formula is C14H14Cl2N2OS. The molecule has 0 saturated carbocycles. The fourth-order valence-corrected chi connectivity index (χ4v) is 3.57. The van der Waals surface area contributed by atoms with Gasteiger partial charge in [-0.1, -0.05) is 23.2 Å². The first kappa shape index (κ1) is 14.3. The highest BCUT2D eigenvalue weighted by Crippen LogP contribution is 2.31. The Morgan fingerprint density at radius 1 is 1.40 bits per heavy atom. The van der Waals surface area contributed by atoms with E-state index in [-0.39, 0.29) is 6.10 Å². The summed E-state index contributed by atoms with van der Waals surface area (Å²) in [6, 6.07) is 5.39. The van der Waals surface area contributed by atoms with Crippen molar-refractivity contribution in [2.75, 3.05) is 13.1 Å². The molecule has 1 atom stereocenters. The van der Waals surface area contributed by atoms with Gasteiger partial charge in [-0.3, -0.25) is 4.90 Å². The maximum atomic E-state index is 9.54. The van der Waals surface area contributed by atoms with Gasteiger partial charge in [0.05, 0.1) is 23.4 Å². The Bertz CT molecular complexity index is 617. The van der Waals surface area contributed by atoms with Crippen molar-refractivity contribution in [3.05, 3.63) is 38.6 Å². The van der Waals surface area contributed by atoms with E-state index in [4.69, 9.17) is 23.2 Å². The van der Waals surface area contributed by atoms with Gasteiger partial charge in [-0.15, -0.1) is 11.3 Å². The van der Waals surface area contributed by atoms with Gasteiger partial charge in [-0.2, -0.15) is 0 Å². The molecule has 1 aromatic heterocycles. The van der Waals surface area contributed by atoms with Crippen molar-refractivity contribution in [3.63, 3.8) is 0 Å². The van der Waals surface area contributed by atoms with Gasteiger partial charge in [0.25, 0.3) is 0 Å². The molecule has 2 aromatic rings. The molecular weight excluding hydrogens is 315 g/mol. The predicted octanol–water partition coefficient (Wildman–Crippen LogP) is 3.68. The van der Waals surface area contributed by atoms with Crippen LogP contribution < -0.4 is 0 Å². The number of halogens is 2. The minimum absolute atomic E-state index is 0.197. The van der Waals surface area contributed by atoms with Crippen LogP contribution in [-0.2, 0) is 6.54 Å². The number of aliphatic hydroxyl groups is 1. The maximum absolute atomic E-state index is 9.54. The Morgan fingerprint density at radius 2 is 2.25 bits per heavy atom. The van der Waals surface area contributed by atoms with E-state index in [1.165, 1.54) is 0 Å². The smallest absolute Gasteiger partial charge is 0.107 e. The summed E-state index contributed by atoms with van der Waals surface area (Å²) in [4.78, 5) is 6.84. The van der Waals surface area contributed by atoms with E-state index in [1.807, 2.05) is 11.4 Å². The Labute approximate surface area is 131 Å². The topological polar surface area (TPSA) is 36.4 Å². The molecule has 1 aliphatic rings. The first-order valence-electron chi connectivity index (χ1n) is 6.42. The number of nitrogens with zero attached hydrogens (tertiary/aromatic N) is 2. The fraction of sp³-hybridized carbons (Fsp3) is 0.357. The maximum Gasteiger partial charge on any atom is 0.107 e. The van der Waals surface area contributed by atoms with E-state index in [0.717, 1.165) is 42.3 Å². The first-order valence-corrected chi connectivity index (χ1v) is 8.05. The summed E-state index contributed by atoms with van der Waals surface area (Å²) in [6.45, 7) is 2.43. The largest absolute Gasteiger partial charge is 0.392 e. The van der Waals surface area contributed by atoms with Gasteiger partial charge in [0.1, 0.15) is 5.01 Å². The Kier molecular flexibility index (Phi) is 4.29. The van der Waals surface area contributed by atoms with Crippen molar-refractivity contribution >= 4 is 34.5 Å². The van der Waals surface area contributed by atoms with Crippen molar-refractivity contribution in [1.82, 2.24) is 9.88 Å². The van der Waals surface area contributed by atoms with Gasteiger partial charge in [0.2, 0.25) is 0 Å². The molecule has 0 aliphatic carbocycles. The summed E-state index contributed by atoms with van der Waals surface area (Å²) >= 11 is 13.8. The summed E-state index contributed by atoms with van der Waals surface area (Å²) in [5.74, 6) is 0. The van der Waals surface area contributed by atoms with Crippen LogP contribution in [0, 0.1) is 0 Å². The summed E-state index contributed by atoms with van der Waals surface area (Å²) < 4.78 is 0. The average Bonchev–Trinajstić information content (AvgIpc) is 3.02. The van der Waals surface area contributed by atoms with Crippen molar-refractivity contribution in [1.29, 1.82) is 0 Å². The third-order valence-electron chi connectivity index (χ3n) is 3.36. The Hall–Kier alpha value is -0.650. The van der Waals surface area contributed by atoms with Crippen LogP contribution in [0.2, 0.25) is 10.0 Å². The number of thiazole rings is 1. The highest BCUT2D eigenvalue weighted by Gasteiger charge is 2.21. The van der Waals surface area contributed by atoms with Gasteiger partial charge in [0, 0.05) is 29.1 Å². The molecule has 3 nitrogen and oxygen atoms in total. The van der Waals surface area contributed by atoms with Gasteiger partial charge >= 0.3 is 0 Å². The molecule has 106 valence electrons. The minimum Gasteiger partial charge on any atom is -0.392 e. The van der Waals surface area contributed by atoms with E-state index in [2.05, 4.69) is 9.88 Å². The quantitative estimate of drug-likeness (QED) is 0.933. The highest BCUT2D eigenvalue weighted by molar-refractivity contribution is 7.09. The fourth-order valence-electron chi connectivity index (χ4n) is 2.35. The van der Waals surface area contributed by atoms with E-state index in [1.54, 1.807) is 23.5 Å². The van der Waals surface area contributed by atoms with Crippen LogP contribution in [0.15, 0.2) is 23.6 Å². The number of likely N-dealkylation sites (tertiary alicyclic amines) is 1. The zero-order valence-electron chi connectivity index (χ0n) is 10.7. The standard InChI is InChI=1S/C14H14Cl2N2OS/c15-9-1-2-12(16)11(5-9)13-8-20-14(17-13)7-18-4-3-10(19)6-18/h1-2,5,8,10,19H,3-4,6-7H2/t10-/m1/s1. The highest BCUT2D eigenvalue weighted by atomic mass is 35.5. The van der Waals surface area contributed by atoms with E-state index in [9.17, 15) is 5.11 Å². The van der Waals surface area contributed by atoms with Crippen molar-refractivity contribution in [2.24, 2.45) is 0 Å². The lowest BCUT2D eigenvalue weighted by Gasteiger charge is -2.12. The lowest BCUT2D eigenvalue weighted by molar-refractivity contribution is 0.175. The van der Waals surface area contributed by atoms with Crippen LogP contribution >= 0.6 is 34.5 Å². The van der Waals surface area contributed by atoms with Crippen molar-refractivity contribution < 1.29 is 5.11 Å². The number of aliphatic hydroxyl groups excluding tert-OH is 1. The number of hydrogen-bond acceptors (Lipinski definition) is 4. The zero-order chi connectivity index (χ0) is 14.1. The van der Waals surface area contributed by atoms with Crippen LogP contribution in [0.1, 0.15) is 11.4 Å². The van der Waals surface area contributed by atoms with Gasteiger partial charge < -0.3 is 5.11 Å². The molecule has 0 spiro atoms. The molecule has 3 rings (SSSR count). The Balaban J connectivity index is 1.78. The second-order valence-corrected chi connectivity index (χ2v) is 6.71. The van der Waals surface area contributed by atoms with Crippen LogP contribution in [0.25, 0.3) is 11.3 Å². The van der Waals surface area contributed by atoms with Crippen LogP contribution in [0.5, 0.6) is 0 Å². The Morgan fingerprint density at radius 3 is 3.00 bits per heavy atom. The average molecular weight is 329 g/mol. The number of benzene rings is 1. The van der Waals surface area contributed by atoms with Gasteiger partial charge in [-0.25, -0.2) is 4.98 Å². The molecule has 0 amide bonds. The monoisotopic (exact) mass is 328 g/mol. The second kappa shape index (κ2) is 6.00. The molecule has 20 heavy (non-hydrogen) atoms. The second-order valence-electron chi connectivity index (χ2n) is 4.93. The third kappa shape index (κ3) is 3.15. The number of rotatable bonds is 3. The van der Waals surface area contributed by atoms with E-state index >= 15 is 0 Å². The third-order valence-corrected chi connectivity index (χ3v) is 4.76. The van der Waals surface area contributed by atoms with Crippen LogP contribution in [0.4, 0.5) is 0 Å². The molecule has 0 radical (unpaired) electrons. The van der Waals surface area contributed by atoms with Gasteiger partial charge in [0.15, 0.2) is 0 Å². The molecule has 1 aromatic carbocycles. The van der Waals surface area contributed by atoms with E-state index in [0.29, 0.717) is 10.0 Å². The number of β-amino-alcohol motifs (C(OH)–C–C–N with tert-alkyl or cyclic N) is 1. The van der Waals surface area contributed by atoms with Gasteiger partial charge in [-0.05, 0) is 24.6 Å². The summed E-state index contributed by atoms with van der Waals surface area (Å²) in [5, 5.41) is 13.9. The molecule has 1 aliphatic heterocycles. The SMILES string of the molecule is O[C@@H]1CCN(Cc2nc(-c3cc(Cl)ccc3Cl)cs2)C1. The van der Waals surface area contributed by atoms with E-state index < -0.39 is 0 Å². The molecule has 1 fully saturated rings. The summed E-state index contributed by atoms with van der Waals surface area (Å²) in [5.41, 5.74) is 1.72. The molecule has 1 N–H and O–H groups in total. The normalized spacial score (nSPS) is 19.6. The van der Waals surface area contributed by atoms with Crippen LogP contribution in [0.3, 0.4) is 0 Å². The molecule has 1 saturated heterocycles.